The number of hydrogen-bond donors (Lipinski definition) is 3. The lowest BCUT2D eigenvalue weighted by molar-refractivity contribution is -0.145. The average molecular weight is 106 g/mol. The predicted molar refractivity (Wildman–Crippen MR) is 22.7 cm³/mol. The van der Waals surface area contributed by atoms with Gasteiger partial charge >= 0.3 is 5.97 Å². The number of carboxylic acid groups (broad SMARTS) is 1. The minimum Gasteiger partial charge on any atom is -0.479 e. The summed E-state index contributed by atoms with van der Waals surface area (Å²) in [5.41, 5.74) is 4.81. The molecular weight excluding hydrogens is 98.0 g/mol. The van der Waals surface area contributed by atoms with Gasteiger partial charge in [-0.2, -0.15) is 0 Å². The van der Waals surface area contributed by atoms with Crippen LogP contribution in [0.25, 0.3) is 1.43 Å². The lowest BCUT2D eigenvalue weighted by atomic mass is 10.4. The SMILES string of the molecule is [2H]OC(=O)C(O)CN. The van der Waals surface area contributed by atoms with Crippen LogP contribution in [0.15, 0.2) is 0 Å². The molecule has 4 N–H and O–H groups in total. The van der Waals surface area contributed by atoms with Gasteiger partial charge in [0.15, 0.2) is 6.10 Å². The molecule has 0 aromatic rings. The molecule has 0 aliphatic rings. The maximum atomic E-state index is 10.0. The van der Waals surface area contributed by atoms with Crippen LogP contribution in [0.2, 0.25) is 0 Å². The summed E-state index contributed by atoms with van der Waals surface area (Å²) in [7, 11) is 0. The van der Waals surface area contributed by atoms with Gasteiger partial charge in [-0.15, -0.1) is 0 Å². The first-order valence-electron chi connectivity index (χ1n) is 2.18. The molecule has 0 aromatic heterocycles. The van der Waals surface area contributed by atoms with Crippen LogP contribution in [0.1, 0.15) is 0 Å². The van der Waals surface area contributed by atoms with Gasteiger partial charge < -0.3 is 15.9 Å². The summed E-state index contributed by atoms with van der Waals surface area (Å²) in [6.07, 6.45) is -1.35. The van der Waals surface area contributed by atoms with Crippen LogP contribution in [0.5, 0.6) is 0 Å². The lowest BCUT2D eigenvalue weighted by Crippen LogP contribution is -2.28. The fourth-order valence-electron chi connectivity index (χ4n) is 0.0962. The van der Waals surface area contributed by atoms with Crippen LogP contribution in [-0.4, -0.2) is 28.8 Å². The number of carbonyl (C=O) groups is 1. The van der Waals surface area contributed by atoms with E-state index < -0.39 is 12.1 Å². The molecule has 0 aliphatic heterocycles. The average Bonchev–Trinajstić information content (AvgIpc) is 1.84. The minimum absolute atomic E-state index is 0.211. The van der Waals surface area contributed by atoms with Gasteiger partial charge in [0.1, 0.15) is 0 Å². The Labute approximate surface area is 42.1 Å². The van der Waals surface area contributed by atoms with E-state index in [0.717, 1.165) is 0 Å². The van der Waals surface area contributed by atoms with Crippen LogP contribution < -0.4 is 5.73 Å². The summed E-state index contributed by atoms with van der Waals surface area (Å²) in [4.78, 5) is 10.0. The molecule has 4 heteroatoms. The lowest BCUT2D eigenvalue weighted by Gasteiger charge is -1.96. The summed E-state index contributed by atoms with van der Waals surface area (Å²) in [5.74, 6) is -1.02. The smallest absolute Gasteiger partial charge is 0.333 e. The monoisotopic (exact) mass is 106 g/mol. The molecule has 0 aliphatic carbocycles. The van der Waals surface area contributed by atoms with Crippen molar-refractivity contribution in [2.75, 3.05) is 6.54 Å². The van der Waals surface area contributed by atoms with E-state index in [1.54, 1.807) is 0 Å². The van der Waals surface area contributed by atoms with Gasteiger partial charge in [-0.05, 0) is 0 Å². The van der Waals surface area contributed by atoms with Crippen molar-refractivity contribution in [3.05, 3.63) is 0 Å². The van der Waals surface area contributed by atoms with E-state index in [2.05, 4.69) is 5.11 Å². The first-order valence-corrected chi connectivity index (χ1v) is 1.77. The van der Waals surface area contributed by atoms with Crippen molar-refractivity contribution in [3.8, 4) is 0 Å². The number of carboxylic acids is 1. The molecule has 42 valence electrons. The highest BCUT2D eigenvalue weighted by molar-refractivity contribution is 5.72. The summed E-state index contributed by atoms with van der Waals surface area (Å²) >= 11 is 0. The molecule has 0 aromatic carbocycles. The Kier molecular flexibility index (Phi) is 1.65. The zero-order valence-corrected chi connectivity index (χ0v) is 3.63. The van der Waals surface area contributed by atoms with Crippen LogP contribution in [0.4, 0.5) is 0 Å². The van der Waals surface area contributed by atoms with Gasteiger partial charge in [-0.1, -0.05) is 0 Å². The van der Waals surface area contributed by atoms with Crippen molar-refractivity contribution in [2.45, 2.75) is 6.10 Å². The van der Waals surface area contributed by atoms with Gasteiger partial charge in [0.2, 0.25) is 0 Å². The molecular formula is C3H7NO3. The Morgan fingerprint density at radius 3 is 2.86 bits per heavy atom. The highest BCUT2D eigenvalue weighted by Crippen LogP contribution is 1.73. The van der Waals surface area contributed by atoms with E-state index in [-0.39, 0.29) is 6.54 Å². The third-order valence-electron chi connectivity index (χ3n) is 0.495. The van der Waals surface area contributed by atoms with E-state index in [4.69, 9.17) is 12.3 Å². The molecule has 0 heterocycles. The topological polar surface area (TPSA) is 83.5 Å². The summed E-state index contributed by atoms with van der Waals surface area (Å²) in [6, 6.07) is 0. The number of aliphatic carboxylic acids is 1. The molecule has 0 bridgehead atoms. The predicted octanol–water partition coefficient (Wildman–Crippen LogP) is -1.61. The van der Waals surface area contributed by atoms with Crippen molar-refractivity contribution in [1.29, 1.82) is 1.43 Å². The zero-order chi connectivity index (χ0) is 6.57. The molecule has 0 fully saturated rings. The van der Waals surface area contributed by atoms with Crippen molar-refractivity contribution in [2.24, 2.45) is 5.73 Å². The molecule has 1 unspecified atom stereocenters. The van der Waals surface area contributed by atoms with Crippen molar-refractivity contribution in [1.82, 2.24) is 0 Å². The third kappa shape index (κ3) is 2.13. The number of aliphatic hydroxyl groups is 1. The molecule has 0 radical (unpaired) electrons. The Bertz CT molecular complexity index is 86.6. The fraction of sp³-hybridized carbons (Fsp3) is 0.667. The second-order valence-corrected chi connectivity index (χ2v) is 1.07. The highest BCUT2D eigenvalue weighted by atomic mass is 16.4. The largest absolute Gasteiger partial charge is 0.479 e. The molecule has 1 atom stereocenters. The van der Waals surface area contributed by atoms with Gasteiger partial charge in [0.05, 0.1) is 0 Å². The summed E-state index contributed by atoms with van der Waals surface area (Å²) in [5, 5.41) is 11.8. The number of rotatable bonds is 2. The van der Waals surface area contributed by atoms with Gasteiger partial charge in [-0.25, -0.2) is 4.79 Å². The molecule has 0 spiro atoms. The molecule has 0 saturated heterocycles. The second kappa shape index (κ2) is 2.54. The standard InChI is InChI=1S/C3H7NO3/c4-1-2(5)3(6)7/h2,5H,1,4H2,(H,6,7)/i/hD. The second-order valence-electron chi connectivity index (χ2n) is 1.07. The molecule has 7 heavy (non-hydrogen) atoms. The van der Waals surface area contributed by atoms with Crippen LogP contribution in [0, 0.1) is 0 Å². The van der Waals surface area contributed by atoms with Crippen molar-refractivity contribution < 1.29 is 15.0 Å². The molecule has 4 nitrogen and oxygen atoms in total. The first-order chi connectivity index (χ1) is 3.72. The molecule has 0 saturated carbocycles. The van der Waals surface area contributed by atoms with E-state index in [1.165, 1.54) is 0 Å². The quantitative estimate of drug-likeness (QED) is 0.395. The van der Waals surface area contributed by atoms with Gasteiger partial charge in [0, 0.05) is 6.54 Å². The Balaban J connectivity index is 3.46. The van der Waals surface area contributed by atoms with E-state index >= 15 is 0 Å². The van der Waals surface area contributed by atoms with Gasteiger partial charge in [0.25, 0.3) is 1.43 Å². The molecule has 0 rings (SSSR count). The maximum absolute atomic E-state index is 10.0. The van der Waals surface area contributed by atoms with Crippen molar-refractivity contribution in [3.63, 3.8) is 0 Å². The van der Waals surface area contributed by atoms with E-state index in [9.17, 15) is 4.79 Å². The van der Waals surface area contributed by atoms with Crippen LogP contribution >= 0.6 is 0 Å². The third-order valence-corrected chi connectivity index (χ3v) is 0.495. The van der Waals surface area contributed by atoms with E-state index in [0.29, 0.717) is 0 Å². The van der Waals surface area contributed by atoms with Crippen LogP contribution in [0.3, 0.4) is 0 Å². The summed E-state index contributed by atoms with van der Waals surface area (Å²) in [6.45, 7) is -0.211. The van der Waals surface area contributed by atoms with Crippen molar-refractivity contribution >= 4 is 5.97 Å². The Morgan fingerprint density at radius 1 is 2.14 bits per heavy atom. The summed E-state index contributed by atoms with van der Waals surface area (Å²) < 4.78 is 5.98. The fourth-order valence-corrected chi connectivity index (χ4v) is 0.0962. The zero-order valence-electron chi connectivity index (χ0n) is 4.63. The highest BCUT2D eigenvalue weighted by Gasteiger charge is 2.07. The number of nitrogens with two attached hydrogens (primary N) is 1. The minimum atomic E-state index is -1.35. The Hall–Kier alpha value is -0.610. The van der Waals surface area contributed by atoms with E-state index in [1.807, 2.05) is 0 Å². The normalized spacial score (nSPS) is 14.9. The number of hydrogen-bond acceptors (Lipinski definition) is 4. The Morgan fingerprint density at radius 2 is 2.71 bits per heavy atom. The molecule has 0 amide bonds. The van der Waals surface area contributed by atoms with Gasteiger partial charge in [-0.3, -0.25) is 0 Å². The first kappa shape index (κ1) is 4.55. The number of aliphatic hydroxyl groups excluding tert-OH is 1. The maximum Gasteiger partial charge on any atom is 0.333 e. The van der Waals surface area contributed by atoms with Crippen LogP contribution in [-0.2, 0) is 4.79 Å².